The van der Waals surface area contributed by atoms with E-state index in [2.05, 4.69) is 10.3 Å². The zero-order valence-electron chi connectivity index (χ0n) is 9.07. The van der Waals surface area contributed by atoms with Gasteiger partial charge >= 0.3 is 0 Å². The smallest absolute Gasteiger partial charge is 0.123 e. The Morgan fingerprint density at radius 2 is 2.12 bits per heavy atom. The molecule has 0 saturated heterocycles. The fourth-order valence-electron chi connectivity index (χ4n) is 1.59. The Labute approximate surface area is 94.2 Å². The van der Waals surface area contributed by atoms with Gasteiger partial charge in [0, 0.05) is 18.3 Å². The molecule has 0 saturated carbocycles. The lowest BCUT2D eigenvalue weighted by Crippen LogP contribution is -2.05. The van der Waals surface area contributed by atoms with Crippen molar-refractivity contribution in [3.8, 4) is 11.3 Å². The van der Waals surface area contributed by atoms with Crippen LogP contribution in [-0.4, -0.2) is 12.0 Å². The highest BCUT2D eigenvalue weighted by molar-refractivity contribution is 5.59. The van der Waals surface area contributed by atoms with E-state index in [4.69, 9.17) is 0 Å². The Hall–Kier alpha value is -1.74. The third-order valence-corrected chi connectivity index (χ3v) is 2.33. The van der Waals surface area contributed by atoms with Crippen molar-refractivity contribution in [2.45, 2.75) is 6.54 Å². The Kier molecular flexibility index (Phi) is 3.27. The van der Waals surface area contributed by atoms with Gasteiger partial charge in [-0.1, -0.05) is 12.1 Å². The monoisotopic (exact) mass is 216 g/mol. The van der Waals surface area contributed by atoms with E-state index in [1.165, 1.54) is 12.1 Å². The van der Waals surface area contributed by atoms with E-state index in [1.807, 2.05) is 25.2 Å². The number of aromatic nitrogens is 1. The number of hydrogen-bond donors (Lipinski definition) is 1. The van der Waals surface area contributed by atoms with Crippen LogP contribution in [0, 0.1) is 5.82 Å². The summed E-state index contributed by atoms with van der Waals surface area (Å²) in [5, 5.41) is 3.07. The van der Waals surface area contributed by atoms with Crippen molar-refractivity contribution in [1.82, 2.24) is 10.3 Å². The maximum absolute atomic E-state index is 13.1. The van der Waals surface area contributed by atoms with Crippen LogP contribution in [0.15, 0.2) is 42.6 Å². The highest BCUT2D eigenvalue weighted by Gasteiger charge is 2.01. The first-order chi connectivity index (χ1) is 7.79. The van der Waals surface area contributed by atoms with Crippen LogP contribution in [0.25, 0.3) is 11.3 Å². The van der Waals surface area contributed by atoms with Crippen molar-refractivity contribution in [1.29, 1.82) is 0 Å². The Bertz CT molecular complexity index is 483. The van der Waals surface area contributed by atoms with E-state index in [0.717, 1.165) is 23.4 Å². The molecule has 1 N–H and O–H groups in total. The molecule has 3 heteroatoms. The van der Waals surface area contributed by atoms with Crippen LogP contribution >= 0.6 is 0 Å². The average Bonchev–Trinajstić information content (AvgIpc) is 2.30. The third-order valence-electron chi connectivity index (χ3n) is 2.33. The summed E-state index contributed by atoms with van der Waals surface area (Å²) in [5.41, 5.74) is 2.74. The van der Waals surface area contributed by atoms with Crippen LogP contribution in [0.4, 0.5) is 4.39 Å². The lowest BCUT2D eigenvalue weighted by Gasteiger charge is -2.04. The van der Waals surface area contributed by atoms with Gasteiger partial charge in [0.1, 0.15) is 5.82 Å². The minimum absolute atomic E-state index is 0.238. The molecule has 1 aromatic heterocycles. The molecule has 1 aromatic carbocycles. The quantitative estimate of drug-likeness (QED) is 0.853. The first-order valence-corrected chi connectivity index (χ1v) is 5.15. The maximum atomic E-state index is 13.1. The second kappa shape index (κ2) is 4.86. The fourth-order valence-corrected chi connectivity index (χ4v) is 1.59. The van der Waals surface area contributed by atoms with Gasteiger partial charge in [0.15, 0.2) is 0 Å². The van der Waals surface area contributed by atoms with Gasteiger partial charge in [-0.25, -0.2) is 4.39 Å². The molecule has 2 aromatic rings. The molecular formula is C13H13FN2. The van der Waals surface area contributed by atoms with E-state index in [1.54, 1.807) is 12.3 Å². The molecular weight excluding hydrogens is 203 g/mol. The van der Waals surface area contributed by atoms with E-state index in [9.17, 15) is 4.39 Å². The van der Waals surface area contributed by atoms with Gasteiger partial charge in [0.25, 0.3) is 0 Å². The van der Waals surface area contributed by atoms with Gasteiger partial charge in [0.05, 0.1) is 5.69 Å². The summed E-state index contributed by atoms with van der Waals surface area (Å²) >= 11 is 0. The van der Waals surface area contributed by atoms with Crippen molar-refractivity contribution in [2.75, 3.05) is 7.05 Å². The van der Waals surface area contributed by atoms with Crippen molar-refractivity contribution in [3.05, 3.63) is 54.0 Å². The van der Waals surface area contributed by atoms with Crippen molar-refractivity contribution >= 4 is 0 Å². The van der Waals surface area contributed by atoms with E-state index < -0.39 is 0 Å². The molecule has 0 aliphatic heterocycles. The first-order valence-electron chi connectivity index (χ1n) is 5.15. The van der Waals surface area contributed by atoms with Gasteiger partial charge in [-0.05, 0) is 36.9 Å². The van der Waals surface area contributed by atoms with E-state index >= 15 is 0 Å². The van der Waals surface area contributed by atoms with Crippen LogP contribution < -0.4 is 5.32 Å². The van der Waals surface area contributed by atoms with Crippen LogP contribution in [-0.2, 0) is 6.54 Å². The van der Waals surface area contributed by atoms with E-state index in [0.29, 0.717) is 0 Å². The second-order valence-electron chi connectivity index (χ2n) is 3.59. The molecule has 2 rings (SSSR count). The number of nitrogens with zero attached hydrogens (tertiary/aromatic N) is 1. The summed E-state index contributed by atoms with van der Waals surface area (Å²) < 4.78 is 13.1. The molecule has 0 amide bonds. The third kappa shape index (κ3) is 2.44. The molecule has 0 unspecified atom stereocenters. The van der Waals surface area contributed by atoms with Gasteiger partial charge in [-0.2, -0.15) is 0 Å². The largest absolute Gasteiger partial charge is 0.316 e. The molecule has 2 nitrogen and oxygen atoms in total. The maximum Gasteiger partial charge on any atom is 0.123 e. The number of rotatable bonds is 3. The van der Waals surface area contributed by atoms with Gasteiger partial charge in [0.2, 0.25) is 0 Å². The summed E-state index contributed by atoms with van der Waals surface area (Å²) in [6, 6.07) is 10.4. The van der Waals surface area contributed by atoms with Crippen LogP contribution in [0.3, 0.4) is 0 Å². The number of halogens is 1. The van der Waals surface area contributed by atoms with Crippen LogP contribution in [0.1, 0.15) is 5.56 Å². The molecule has 0 aliphatic carbocycles. The van der Waals surface area contributed by atoms with Gasteiger partial charge < -0.3 is 5.32 Å². The van der Waals surface area contributed by atoms with Crippen LogP contribution in [0.2, 0.25) is 0 Å². The predicted octanol–water partition coefficient (Wildman–Crippen LogP) is 2.61. The standard InChI is InChI=1S/C13H13FN2/c1-15-9-10-5-6-16-13(7-10)11-3-2-4-12(14)8-11/h2-8,15H,9H2,1H3. The van der Waals surface area contributed by atoms with Crippen molar-refractivity contribution in [3.63, 3.8) is 0 Å². The highest BCUT2D eigenvalue weighted by Crippen LogP contribution is 2.18. The SMILES string of the molecule is CNCc1ccnc(-c2cccc(F)c2)c1. The lowest BCUT2D eigenvalue weighted by molar-refractivity contribution is 0.628. The van der Waals surface area contributed by atoms with E-state index in [-0.39, 0.29) is 5.82 Å². The minimum atomic E-state index is -0.238. The Balaban J connectivity index is 2.36. The normalized spacial score (nSPS) is 10.4. The Morgan fingerprint density at radius 1 is 1.25 bits per heavy atom. The molecule has 0 bridgehead atoms. The first kappa shape index (κ1) is 10.8. The van der Waals surface area contributed by atoms with Crippen LogP contribution in [0.5, 0.6) is 0 Å². The minimum Gasteiger partial charge on any atom is -0.316 e. The number of pyridine rings is 1. The molecule has 0 fully saturated rings. The Morgan fingerprint density at radius 3 is 2.88 bits per heavy atom. The van der Waals surface area contributed by atoms with Crippen molar-refractivity contribution < 1.29 is 4.39 Å². The summed E-state index contributed by atoms with van der Waals surface area (Å²) in [4.78, 5) is 4.24. The predicted molar refractivity (Wildman–Crippen MR) is 62.4 cm³/mol. The molecule has 1 heterocycles. The molecule has 82 valence electrons. The van der Waals surface area contributed by atoms with Crippen molar-refractivity contribution in [2.24, 2.45) is 0 Å². The number of benzene rings is 1. The zero-order chi connectivity index (χ0) is 11.4. The fraction of sp³-hybridized carbons (Fsp3) is 0.154. The van der Waals surface area contributed by atoms with Gasteiger partial charge in [-0.3, -0.25) is 4.98 Å². The lowest BCUT2D eigenvalue weighted by atomic mass is 10.1. The van der Waals surface area contributed by atoms with Gasteiger partial charge in [-0.15, -0.1) is 0 Å². The highest BCUT2D eigenvalue weighted by atomic mass is 19.1. The number of nitrogens with one attached hydrogen (secondary N) is 1. The summed E-state index contributed by atoms with van der Waals surface area (Å²) in [6.07, 6.45) is 1.74. The molecule has 0 atom stereocenters. The summed E-state index contributed by atoms with van der Waals surface area (Å²) in [5.74, 6) is -0.238. The topological polar surface area (TPSA) is 24.9 Å². The molecule has 0 aliphatic rings. The average molecular weight is 216 g/mol. The zero-order valence-corrected chi connectivity index (χ0v) is 9.07. The molecule has 0 spiro atoms. The second-order valence-corrected chi connectivity index (χ2v) is 3.59. The summed E-state index contributed by atoms with van der Waals surface area (Å²) in [7, 11) is 1.89. The molecule has 16 heavy (non-hydrogen) atoms. The molecule has 0 radical (unpaired) electrons. The number of hydrogen-bond acceptors (Lipinski definition) is 2. The summed E-state index contributed by atoms with van der Waals surface area (Å²) in [6.45, 7) is 0.783.